The van der Waals surface area contributed by atoms with E-state index < -0.39 is 12.1 Å². The number of ether oxygens (including phenoxy) is 1. The summed E-state index contributed by atoms with van der Waals surface area (Å²) in [6.07, 6.45) is -0.599. The van der Waals surface area contributed by atoms with Crippen LogP contribution in [0.15, 0.2) is 60.4 Å². The molecule has 0 unspecified atom stereocenters. The largest absolute Gasteiger partial charge is 0.490 e. The van der Waals surface area contributed by atoms with Crippen molar-refractivity contribution in [1.29, 1.82) is 0 Å². The summed E-state index contributed by atoms with van der Waals surface area (Å²) in [5.74, 6) is -2.65. The highest BCUT2D eigenvalue weighted by Crippen LogP contribution is 2.24. The number of carboxylic acids is 1. The zero-order valence-corrected chi connectivity index (χ0v) is 22.1. The highest BCUT2D eigenvalue weighted by atomic mass is 19.4. The van der Waals surface area contributed by atoms with Crippen LogP contribution in [0.5, 0.6) is 5.75 Å². The number of rotatable bonds is 15. The molecule has 9 nitrogen and oxygen atoms in total. The monoisotopic (exact) mass is 564 g/mol. The van der Waals surface area contributed by atoms with E-state index in [1.165, 1.54) is 6.08 Å². The van der Waals surface area contributed by atoms with Gasteiger partial charge >= 0.3 is 12.1 Å². The second kappa shape index (κ2) is 17.2. The zero-order valence-electron chi connectivity index (χ0n) is 22.1. The molecule has 0 radical (unpaired) electrons. The quantitative estimate of drug-likeness (QED) is 0.206. The third-order valence-corrected chi connectivity index (χ3v) is 5.62. The molecule has 0 bridgehead atoms. The highest BCUT2D eigenvalue weighted by Gasteiger charge is 2.38. The van der Waals surface area contributed by atoms with Crippen LogP contribution in [0.4, 0.5) is 13.2 Å². The Balaban J connectivity index is 0.000000708. The first-order valence-electron chi connectivity index (χ1n) is 12.9. The van der Waals surface area contributed by atoms with Crippen LogP contribution in [0, 0.1) is 0 Å². The average molecular weight is 565 g/mol. The molecule has 218 valence electrons. The van der Waals surface area contributed by atoms with Crippen molar-refractivity contribution in [2.45, 2.75) is 32.0 Å². The van der Waals surface area contributed by atoms with Crippen LogP contribution in [-0.2, 0) is 11.3 Å². The van der Waals surface area contributed by atoms with Gasteiger partial charge in [-0.05, 0) is 76.2 Å². The maximum Gasteiger partial charge on any atom is 0.490 e. The Kier molecular flexibility index (Phi) is 14.0. The van der Waals surface area contributed by atoms with Crippen LogP contribution in [0.1, 0.15) is 45.5 Å². The summed E-state index contributed by atoms with van der Waals surface area (Å²) in [6.45, 7) is 6.48. The molecule has 0 heterocycles. The number of benzene rings is 2. The molecule has 2 aromatic rings. The zero-order chi connectivity index (χ0) is 29.4. The molecule has 12 heteroatoms. The van der Waals surface area contributed by atoms with Crippen LogP contribution in [-0.4, -0.2) is 68.1 Å². The van der Waals surface area contributed by atoms with Crippen molar-refractivity contribution in [2.24, 2.45) is 5.73 Å². The summed E-state index contributed by atoms with van der Waals surface area (Å²) in [5.41, 5.74) is 7.39. The molecule has 40 heavy (non-hydrogen) atoms. The van der Waals surface area contributed by atoms with Gasteiger partial charge in [-0.3, -0.25) is 9.59 Å². The second-order valence-electron chi connectivity index (χ2n) is 8.82. The number of carboxylic acid groups (broad SMARTS) is 1. The normalized spacial score (nSPS) is 12.8. The lowest BCUT2D eigenvalue weighted by Gasteiger charge is -2.15. The lowest BCUT2D eigenvalue weighted by Crippen LogP contribution is -2.26. The third kappa shape index (κ3) is 11.7. The number of carbonyl (C=O) groups excluding carboxylic acids is 2. The van der Waals surface area contributed by atoms with E-state index in [9.17, 15) is 22.8 Å². The first-order valence-corrected chi connectivity index (χ1v) is 12.9. The van der Waals surface area contributed by atoms with E-state index in [4.69, 9.17) is 20.4 Å². The molecule has 0 aliphatic heterocycles. The van der Waals surface area contributed by atoms with Crippen LogP contribution in [0.25, 0.3) is 0 Å². The van der Waals surface area contributed by atoms with Gasteiger partial charge in [0.05, 0.1) is 0 Å². The minimum atomic E-state index is -5.08. The number of fused-ring (bicyclic) bond motifs is 1. The molecule has 0 aromatic heterocycles. The Hall–Kier alpha value is -3.58. The number of allylic oxidation sites excluding steroid dienone is 2. The maximum absolute atomic E-state index is 12.6. The lowest BCUT2D eigenvalue weighted by molar-refractivity contribution is -0.192. The average Bonchev–Trinajstić information content (AvgIpc) is 2.93. The van der Waals surface area contributed by atoms with E-state index in [0.29, 0.717) is 16.9 Å². The maximum atomic E-state index is 12.6. The van der Waals surface area contributed by atoms with Crippen molar-refractivity contribution >= 4 is 17.5 Å². The van der Waals surface area contributed by atoms with Crippen molar-refractivity contribution in [3.63, 3.8) is 0 Å². The Morgan fingerprint density at radius 1 is 0.825 bits per heavy atom. The molecular weight excluding hydrogens is 529 g/mol. The van der Waals surface area contributed by atoms with E-state index >= 15 is 0 Å². The Labute approximate surface area is 231 Å². The predicted octanol–water partition coefficient (Wildman–Crippen LogP) is 3.06. The number of hydrogen-bond acceptors (Lipinski definition) is 8. The van der Waals surface area contributed by atoms with Gasteiger partial charge < -0.3 is 31.5 Å². The third-order valence-electron chi connectivity index (χ3n) is 5.62. The highest BCUT2D eigenvalue weighted by molar-refractivity contribution is 6.23. The molecular formula is C28H35F3N4O5. The number of Topliss-reactive ketones (excluding diaryl/α,β-unsaturated/α-hetero) is 1. The summed E-state index contributed by atoms with van der Waals surface area (Å²) in [7, 11) is 0. The molecule has 3 rings (SSSR count). The minimum absolute atomic E-state index is 0.0587. The van der Waals surface area contributed by atoms with Gasteiger partial charge in [0.1, 0.15) is 5.75 Å². The summed E-state index contributed by atoms with van der Waals surface area (Å²) in [6, 6.07) is 14.4. The van der Waals surface area contributed by atoms with Crippen molar-refractivity contribution in [2.75, 3.05) is 39.3 Å². The van der Waals surface area contributed by atoms with Gasteiger partial charge in [-0.1, -0.05) is 36.4 Å². The minimum Gasteiger partial charge on any atom is -0.475 e. The number of nitrogens with two attached hydrogens (primary N) is 1. The smallest absolute Gasteiger partial charge is 0.475 e. The van der Waals surface area contributed by atoms with Gasteiger partial charge in [0.15, 0.2) is 11.5 Å². The fraction of sp³-hybridized carbons (Fsp3) is 0.393. The van der Waals surface area contributed by atoms with Crippen molar-refractivity contribution in [1.82, 2.24) is 16.0 Å². The fourth-order valence-corrected chi connectivity index (χ4v) is 3.56. The molecule has 0 saturated carbocycles. The van der Waals surface area contributed by atoms with Gasteiger partial charge in [-0.15, -0.1) is 0 Å². The topological polar surface area (TPSA) is 143 Å². The van der Waals surface area contributed by atoms with E-state index in [1.807, 2.05) is 24.3 Å². The van der Waals surface area contributed by atoms with Gasteiger partial charge in [0, 0.05) is 23.7 Å². The number of alkyl halides is 3. The van der Waals surface area contributed by atoms with E-state index in [0.717, 1.165) is 70.6 Å². The Morgan fingerprint density at radius 2 is 1.35 bits per heavy atom. The van der Waals surface area contributed by atoms with Crippen molar-refractivity contribution < 1.29 is 37.4 Å². The summed E-state index contributed by atoms with van der Waals surface area (Å²) < 4.78 is 37.5. The number of halogens is 3. The molecule has 2 aromatic carbocycles. The van der Waals surface area contributed by atoms with Crippen molar-refractivity contribution in [3.8, 4) is 5.75 Å². The molecule has 0 spiro atoms. The number of carbonyl (C=O) groups is 3. The molecule has 0 saturated heterocycles. The van der Waals surface area contributed by atoms with Crippen LogP contribution < -0.4 is 26.4 Å². The predicted molar refractivity (Wildman–Crippen MR) is 144 cm³/mol. The number of aliphatic carboxylic acids is 1. The number of ketones is 2. The number of hydrogen-bond donors (Lipinski definition) is 5. The molecule has 0 atom stereocenters. The fourth-order valence-electron chi connectivity index (χ4n) is 3.56. The van der Waals surface area contributed by atoms with Gasteiger partial charge in [0.2, 0.25) is 5.78 Å². The summed E-state index contributed by atoms with van der Waals surface area (Å²) in [5, 5.41) is 17.4. The van der Waals surface area contributed by atoms with E-state index in [2.05, 4.69) is 16.0 Å². The van der Waals surface area contributed by atoms with Crippen LogP contribution in [0.3, 0.4) is 0 Å². The van der Waals surface area contributed by atoms with E-state index in [1.54, 1.807) is 24.3 Å². The first-order chi connectivity index (χ1) is 19.1. The van der Waals surface area contributed by atoms with E-state index in [-0.39, 0.29) is 17.3 Å². The standard InChI is InChI=1S/C26H34N4O3.C2HF3O2/c27-12-3-13-28-14-4-15-29-16-5-17-30-19-20-8-10-21(11-9-20)33-25-18-24(31)22-6-1-2-7-23(22)26(25)32;3-2(4,5)1(6)7/h1-2,6-11,18,28-30H,3-5,12-17,19,27H2;(H,6,7). The van der Waals surface area contributed by atoms with Gasteiger partial charge in [-0.25, -0.2) is 4.79 Å². The van der Waals surface area contributed by atoms with Gasteiger partial charge in [0.25, 0.3) is 0 Å². The second-order valence-corrected chi connectivity index (χ2v) is 8.82. The molecule has 0 fully saturated rings. The van der Waals surface area contributed by atoms with Crippen LogP contribution >= 0.6 is 0 Å². The van der Waals surface area contributed by atoms with Crippen LogP contribution in [0.2, 0.25) is 0 Å². The number of nitrogens with one attached hydrogen (secondary N) is 3. The Morgan fingerprint density at radius 3 is 1.90 bits per heavy atom. The first kappa shape index (κ1) is 32.6. The molecule has 1 aliphatic rings. The SMILES string of the molecule is NCCCNCCCNCCCNCc1ccc(OC2=CC(=O)c3ccccc3C2=O)cc1.O=C(O)C(F)(F)F. The van der Waals surface area contributed by atoms with Crippen molar-refractivity contribution in [3.05, 3.63) is 77.1 Å². The summed E-state index contributed by atoms with van der Waals surface area (Å²) >= 11 is 0. The van der Waals surface area contributed by atoms with Gasteiger partial charge in [-0.2, -0.15) is 13.2 Å². The lowest BCUT2D eigenvalue weighted by atomic mass is 9.94. The Bertz CT molecular complexity index is 1140. The molecule has 1 aliphatic carbocycles. The summed E-state index contributed by atoms with van der Waals surface area (Å²) in [4.78, 5) is 33.8. The molecule has 0 amide bonds. The molecule has 6 N–H and O–H groups in total.